The first-order valence-electron chi connectivity index (χ1n) is 12.0. The van der Waals surface area contributed by atoms with Gasteiger partial charge in [-0.3, -0.25) is 4.90 Å². The second-order valence-corrected chi connectivity index (χ2v) is 10.1. The molecule has 1 N–H and O–H groups in total. The predicted octanol–water partition coefficient (Wildman–Crippen LogP) is 4.86. The summed E-state index contributed by atoms with van der Waals surface area (Å²) in [5.41, 5.74) is 3.76. The van der Waals surface area contributed by atoms with Crippen LogP contribution in [0.5, 0.6) is 0 Å². The molecule has 2 aromatic carbocycles. The molecule has 165 valence electrons. The fourth-order valence-corrected chi connectivity index (χ4v) is 5.23. The van der Waals surface area contributed by atoms with Gasteiger partial charge in [-0.1, -0.05) is 18.7 Å². The first kappa shape index (κ1) is 23.4. The van der Waals surface area contributed by atoms with Crippen LogP contribution in [0.25, 0.3) is 0 Å². The number of benzene rings is 2. The molecule has 0 aromatic heterocycles. The van der Waals surface area contributed by atoms with Crippen molar-refractivity contribution in [2.24, 2.45) is 5.92 Å². The molecule has 3 aliphatic rings. The van der Waals surface area contributed by atoms with Crippen LogP contribution in [0.3, 0.4) is 0 Å². The van der Waals surface area contributed by atoms with Crippen molar-refractivity contribution >= 4 is 31.5 Å². The van der Waals surface area contributed by atoms with Crippen molar-refractivity contribution in [2.75, 3.05) is 31.5 Å². The summed E-state index contributed by atoms with van der Waals surface area (Å²) in [6.07, 6.45) is 8.05. The Kier molecular flexibility index (Phi) is 8.70. The molecule has 1 aliphatic carbocycles. The Morgan fingerprint density at radius 1 is 0.969 bits per heavy atom. The number of fused-ring (bicyclic) bond motifs is 1. The van der Waals surface area contributed by atoms with E-state index in [1.54, 1.807) is 0 Å². The Labute approximate surface area is 210 Å². The standard InChI is InChI=1S/C20H29N3.C8H5.Pb/c1-16(23-13-3-12-22-11-2-4-20(22)15-23)21-19-9-7-18(8-10-19)14-17-5-6-17;1-2-8-6-4-3-5-7-8;/h7-10,17,20-21H,1-6,11-15H2;3-7H;. The van der Waals surface area contributed by atoms with Gasteiger partial charge in [0.25, 0.3) is 0 Å². The van der Waals surface area contributed by atoms with E-state index >= 15 is 0 Å². The van der Waals surface area contributed by atoms with Gasteiger partial charge in [-0.15, -0.1) is 0 Å². The Morgan fingerprint density at radius 2 is 1.72 bits per heavy atom. The van der Waals surface area contributed by atoms with E-state index in [0.717, 1.165) is 62.2 Å². The number of rotatable bonds is 5. The van der Waals surface area contributed by atoms with Gasteiger partial charge in [-0.2, -0.15) is 0 Å². The van der Waals surface area contributed by atoms with Gasteiger partial charge in [0, 0.05) is 31.4 Å². The van der Waals surface area contributed by atoms with E-state index in [4.69, 9.17) is 0 Å². The van der Waals surface area contributed by atoms with Crippen LogP contribution < -0.4 is 5.32 Å². The van der Waals surface area contributed by atoms with Gasteiger partial charge in [0.05, 0.1) is 5.82 Å². The summed E-state index contributed by atoms with van der Waals surface area (Å²) >= 11 is 0.963. The van der Waals surface area contributed by atoms with Gasteiger partial charge < -0.3 is 10.2 Å². The molecular formula is C28H34N3Pb. The Morgan fingerprint density at radius 3 is 2.44 bits per heavy atom. The minimum atomic E-state index is 0.733. The normalized spacial score (nSPS) is 20.2. The van der Waals surface area contributed by atoms with E-state index in [1.165, 1.54) is 62.9 Å². The zero-order chi connectivity index (χ0) is 22.2. The third-order valence-electron chi connectivity index (χ3n) is 6.63. The third kappa shape index (κ3) is 7.11. The summed E-state index contributed by atoms with van der Waals surface area (Å²) in [5, 5.41) is 3.53. The van der Waals surface area contributed by atoms with E-state index < -0.39 is 0 Å². The summed E-state index contributed by atoms with van der Waals surface area (Å²) in [6, 6.07) is 19.7. The maximum atomic E-state index is 4.31. The Balaban J connectivity index is 0.000000230. The molecule has 2 saturated heterocycles. The van der Waals surface area contributed by atoms with Crippen LogP contribution in [0, 0.1) is 15.3 Å². The molecule has 0 amide bonds. The molecular weight excluding hydrogens is 586 g/mol. The first-order chi connectivity index (χ1) is 15.7. The molecule has 2 aromatic rings. The fourth-order valence-electron chi connectivity index (χ4n) is 4.67. The van der Waals surface area contributed by atoms with Crippen molar-refractivity contribution < 1.29 is 0 Å². The second-order valence-electron chi connectivity index (χ2n) is 9.16. The molecule has 0 bridgehead atoms. The Hall–Kier alpha value is -1.78. The molecule has 1 atom stereocenters. The maximum absolute atomic E-state index is 4.31. The fraction of sp³-hybridized carbons (Fsp3) is 0.429. The van der Waals surface area contributed by atoms with Crippen molar-refractivity contribution in [3.8, 4) is 9.40 Å². The van der Waals surface area contributed by atoms with Crippen LogP contribution in [0.4, 0.5) is 5.69 Å². The van der Waals surface area contributed by atoms with Gasteiger partial charge in [-0.25, -0.2) is 0 Å². The second kappa shape index (κ2) is 11.9. The van der Waals surface area contributed by atoms with E-state index in [0.29, 0.717) is 0 Å². The third-order valence-corrected chi connectivity index (χ3v) is 7.12. The summed E-state index contributed by atoms with van der Waals surface area (Å²) in [7, 11) is 0. The van der Waals surface area contributed by atoms with Crippen LogP contribution in [0.15, 0.2) is 67.0 Å². The number of hydrogen-bond donors (Lipinski definition) is 1. The van der Waals surface area contributed by atoms with E-state index in [-0.39, 0.29) is 0 Å². The van der Waals surface area contributed by atoms with Gasteiger partial charge in [0.2, 0.25) is 0 Å². The average molecular weight is 620 g/mol. The monoisotopic (exact) mass is 620 g/mol. The predicted molar refractivity (Wildman–Crippen MR) is 135 cm³/mol. The molecule has 1 unspecified atom stereocenters. The zero-order valence-corrected chi connectivity index (χ0v) is 22.9. The quantitative estimate of drug-likeness (QED) is 0.381. The van der Waals surface area contributed by atoms with Crippen LogP contribution in [0.1, 0.15) is 43.2 Å². The zero-order valence-electron chi connectivity index (χ0n) is 19.0. The van der Waals surface area contributed by atoms with E-state index in [2.05, 4.69) is 55.4 Å². The molecule has 3 nitrogen and oxygen atoms in total. The summed E-state index contributed by atoms with van der Waals surface area (Å²) in [5.74, 6) is 5.04. The van der Waals surface area contributed by atoms with E-state index in [1.807, 2.05) is 30.3 Å². The molecule has 3 fully saturated rings. The molecule has 0 spiro atoms. The summed E-state index contributed by atoms with van der Waals surface area (Å²) in [6.45, 7) is 9.11. The Bertz CT molecular complexity index is 925. The topological polar surface area (TPSA) is 18.5 Å². The van der Waals surface area contributed by atoms with E-state index in [9.17, 15) is 0 Å². The number of nitrogens with zero attached hydrogens (tertiary/aromatic N) is 2. The van der Waals surface area contributed by atoms with Crippen molar-refractivity contribution in [1.82, 2.24) is 9.80 Å². The summed E-state index contributed by atoms with van der Waals surface area (Å²) < 4.78 is 2.97. The van der Waals surface area contributed by atoms with Crippen LogP contribution in [-0.4, -0.2) is 67.8 Å². The number of anilines is 1. The number of nitrogens with one attached hydrogen (secondary N) is 1. The molecule has 2 heterocycles. The molecule has 3 radical (unpaired) electrons. The molecule has 1 saturated carbocycles. The van der Waals surface area contributed by atoms with Gasteiger partial charge >= 0.3 is 71.1 Å². The van der Waals surface area contributed by atoms with Gasteiger partial charge in [0.1, 0.15) is 0 Å². The van der Waals surface area contributed by atoms with Crippen LogP contribution in [0.2, 0.25) is 0 Å². The van der Waals surface area contributed by atoms with Crippen molar-refractivity contribution in [3.05, 3.63) is 78.1 Å². The molecule has 4 heteroatoms. The van der Waals surface area contributed by atoms with Crippen LogP contribution >= 0.6 is 0 Å². The first-order valence-corrected chi connectivity index (χ1v) is 13.9. The van der Waals surface area contributed by atoms with Crippen molar-refractivity contribution in [2.45, 2.75) is 44.6 Å². The summed E-state index contributed by atoms with van der Waals surface area (Å²) in [4.78, 5) is 5.12. The molecule has 32 heavy (non-hydrogen) atoms. The average Bonchev–Trinajstić information content (AvgIpc) is 3.57. The number of hydrogen-bond acceptors (Lipinski definition) is 3. The van der Waals surface area contributed by atoms with Crippen molar-refractivity contribution in [1.29, 1.82) is 0 Å². The van der Waals surface area contributed by atoms with Gasteiger partial charge in [0.15, 0.2) is 0 Å². The minimum absolute atomic E-state index is 0.733. The van der Waals surface area contributed by atoms with Crippen LogP contribution in [-0.2, 0) is 6.42 Å². The van der Waals surface area contributed by atoms with Gasteiger partial charge in [-0.05, 0) is 68.7 Å². The molecule has 2 aliphatic heterocycles. The SMILES string of the molecule is C=C(Nc1ccc(CC2CC2)cc1)N1CCCN2CCCC2C1.[Pb][C]#Cc1ccccc1. The van der Waals surface area contributed by atoms with Crippen molar-refractivity contribution in [3.63, 3.8) is 0 Å². The molecule has 5 rings (SSSR count).